The number of benzene rings is 2. The number of hydrogen-bond acceptors (Lipinski definition) is 2. The Kier molecular flexibility index (Phi) is 3.69. The number of aryl methyl sites for hydroxylation is 1. The van der Waals surface area contributed by atoms with E-state index in [-0.39, 0.29) is 0 Å². The first-order valence-electron chi connectivity index (χ1n) is 5.49. The van der Waals surface area contributed by atoms with Crippen LogP contribution in [0, 0.1) is 6.92 Å². The number of anilines is 2. The molecule has 0 heterocycles. The van der Waals surface area contributed by atoms with Crippen LogP contribution in [0.3, 0.4) is 0 Å². The fraction of sp³-hybridized carbons (Fsp3) is 0.143. The molecule has 2 rings (SSSR count). The van der Waals surface area contributed by atoms with Gasteiger partial charge in [0.25, 0.3) is 0 Å². The minimum Gasteiger partial charge on any atom is -0.397 e. The molecule has 0 amide bonds. The largest absolute Gasteiger partial charge is 0.397 e. The van der Waals surface area contributed by atoms with Crippen molar-refractivity contribution in [2.45, 2.75) is 13.5 Å². The van der Waals surface area contributed by atoms with Gasteiger partial charge in [-0.1, -0.05) is 45.8 Å². The number of nitrogens with two attached hydrogens (primary N) is 1. The average Bonchev–Trinajstić information content (AvgIpc) is 2.30. The monoisotopic (exact) mass is 290 g/mol. The van der Waals surface area contributed by atoms with Crippen LogP contribution in [0.15, 0.2) is 46.9 Å². The van der Waals surface area contributed by atoms with E-state index in [1.807, 2.05) is 18.2 Å². The van der Waals surface area contributed by atoms with E-state index >= 15 is 0 Å². The SMILES string of the molecule is Cc1ccc(CNc2ccc(Br)cc2N)cc1. The maximum absolute atomic E-state index is 5.92. The number of rotatable bonds is 3. The second-order valence-corrected chi connectivity index (χ2v) is 4.99. The topological polar surface area (TPSA) is 38.0 Å². The van der Waals surface area contributed by atoms with Crippen LogP contribution in [0.25, 0.3) is 0 Å². The third-order valence-corrected chi connectivity index (χ3v) is 3.11. The maximum atomic E-state index is 5.92. The lowest BCUT2D eigenvalue weighted by Crippen LogP contribution is -2.02. The Morgan fingerprint density at radius 1 is 1.12 bits per heavy atom. The first-order valence-corrected chi connectivity index (χ1v) is 6.29. The number of nitrogens with one attached hydrogen (secondary N) is 1. The lowest BCUT2D eigenvalue weighted by atomic mass is 10.1. The van der Waals surface area contributed by atoms with E-state index in [4.69, 9.17) is 5.73 Å². The van der Waals surface area contributed by atoms with Crippen molar-refractivity contribution in [3.8, 4) is 0 Å². The summed E-state index contributed by atoms with van der Waals surface area (Å²) in [6, 6.07) is 14.3. The Labute approximate surface area is 110 Å². The number of nitrogen functional groups attached to an aromatic ring is 1. The molecular formula is C14H15BrN2. The van der Waals surface area contributed by atoms with E-state index in [0.29, 0.717) is 0 Å². The van der Waals surface area contributed by atoms with E-state index in [0.717, 1.165) is 22.4 Å². The highest BCUT2D eigenvalue weighted by molar-refractivity contribution is 9.10. The predicted octanol–water partition coefficient (Wildman–Crippen LogP) is 3.95. The van der Waals surface area contributed by atoms with Gasteiger partial charge in [0.2, 0.25) is 0 Å². The molecule has 3 heteroatoms. The number of hydrogen-bond donors (Lipinski definition) is 2. The van der Waals surface area contributed by atoms with E-state index < -0.39 is 0 Å². The van der Waals surface area contributed by atoms with Crippen LogP contribution in [0.2, 0.25) is 0 Å². The van der Waals surface area contributed by atoms with Crippen molar-refractivity contribution < 1.29 is 0 Å². The molecule has 0 radical (unpaired) electrons. The fourth-order valence-electron chi connectivity index (χ4n) is 1.60. The smallest absolute Gasteiger partial charge is 0.0577 e. The summed E-state index contributed by atoms with van der Waals surface area (Å²) in [5.41, 5.74) is 10.2. The third kappa shape index (κ3) is 3.24. The van der Waals surface area contributed by atoms with Crippen molar-refractivity contribution in [1.29, 1.82) is 0 Å². The van der Waals surface area contributed by atoms with Crippen molar-refractivity contribution in [1.82, 2.24) is 0 Å². The second kappa shape index (κ2) is 5.23. The molecule has 0 saturated carbocycles. The normalized spacial score (nSPS) is 10.2. The average molecular weight is 291 g/mol. The highest BCUT2D eigenvalue weighted by Gasteiger charge is 1.99. The van der Waals surface area contributed by atoms with Crippen molar-refractivity contribution in [2.24, 2.45) is 0 Å². The minimum atomic E-state index is 0.756. The molecule has 3 N–H and O–H groups in total. The molecule has 17 heavy (non-hydrogen) atoms. The van der Waals surface area contributed by atoms with Gasteiger partial charge in [0.1, 0.15) is 0 Å². The Bertz CT molecular complexity index is 506. The molecule has 0 bridgehead atoms. The van der Waals surface area contributed by atoms with Crippen LogP contribution >= 0.6 is 15.9 Å². The first kappa shape index (κ1) is 12.0. The summed E-state index contributed by atoms with van der Waals surface area (Å²) >= 11 is 3.39. The molecule has 0 unspecified atom stereocenters. The van der Waals surface area contributed by atoms with Crippen molar-refractivity contribution in [3.05, 3.63) is 58.1 Å². The lowest BCUT2D eigenvalue weighted by molar-refractivity contribution is 1.15. The quantitative estimate of drug-likeness (QED) is 0.840. The zero-order chi connectivity index (χ0) is 12.3. The van der Waals surface area contributed by atoms with Gasteiger partial charge in [0.05, 0.1) is 11.4 Å². The summed E-state index contributed by atoms with van der Waals surface area (Å²) in [4.78, 5) is 0. The summed E-state index contributed by atoms with van der Waals surface area (Å²) in [5, 5.41) is 3.33. The molecule has 2 nitrogen and oxygen atoms in total. The molecule has 2 aromatic carbocycles. The molecule has 0 fully saturated rings. The summed E-state index contributed by atoms with van der Waals surface area (Å²) < 4.78 is 0.996. The molecule has 0 spiro atoms. The molecule has 0 atom stereocenters. The van der Waals surface area contributed by atoms with Crippen LogP contribution in [0.4, 0.5) is 11.4 Å². The van der Waals surface area contributed by atoms with Crippen molar-refractivity contribution in [3.63, 3.8) is 0 Å². The van der Waals surface area contributed by atoms with Gasteiger partial charge in [-0.25, -0.2) is 0 Å². The Balaban J connectivity index is 2.04. The zero-order valence-corrected chi connectivity index (χ0v) is 11.3. The molecule has 2 aromatic rings. The van der Waals surface area contributed by atoms with E-state index in [1.165, 1.54) is 11.1 Å². The predicted molar refractivity (Wildman–Crippen MR) is 77.1 cm³/mol. The van der Waals surface area contributed by atoms with E-state index in [1.54, 1.807) is 0 Å². The van der Waals surface area contributed by atoms with E-state index in [2.05, 4.69) is 52.4 Å². The van der Waals surface area contributed by atoms with Gasteiger partial charge in [-0.15, -0.1) is 0 Å². The van der Waals surface area contributed by atoms with E-state index in [9.17, 15) is 0 Å². The van der Waals surface area contributed by atoms with Crippen LogP contribution < -0.4 is 11.1 Å². The highest BCUT2D eigenvalue weighted by atomic mass is 79.9. The second-order valence-electron chi connectivity index (χ2n) is 4.07. The minimum absolute atomic E-state index is 0.756. The van der Waals surface area contributed by atoms with Crippen LogP contribution in [0.5, 0.6) is 0 Å². The maximum Gasteiger partial charge on any atom is 0.0577 e. The molecule has 0 aliphatic rings. The molecule has 0 aliphatic heterocycles. The van der Waals surface area contributed by atoms with Gasteiger partial charge in [-0.2, -0.15) is 0 Å². The van der Waals surface area contributed by atoms with Crippen molar-refractivity contribution in [2.75, 3.05) is 11.1 Å². The first-order chi connectivity index (χ1) is 8.15. The van der Waals surface area contributed by atoms with Gasteiger partial charge in [-0.3, -0.25) is 0 Å². The summed E-state index contributed by atoms with van der Waals surface area (Å²) in [5.74, 6) is 0. The Morgan fingerprint density at radius 2 is 1.82 bits per heavy atom. The molecular weight excluding hydrogens is 276 g/mol. The summed E-state index contributed by atoms with van der Waals surface area (Å²) in [7, 11) is 0. The van der Waals surface area contributed by atoms with Gasteiger partial charge in [0, 0.05) is 11.0 Å². The Morgan fingerprint density at radius 3 is 2.47 bits per heavy atom. The zero-order valence-electron chi connectivity index (χ0n) is 9.70. The summed E-state index contributed by atoms with van der Waals surface area (Å²) in [6.45, 7) is 2.87. The lowest BCUT2D eigenvalue weighted by Gasteiger charge is -2.09. The van der Waals surface area contributed by atoms with Crippen LogP contribution in [0.1, 0.15) is 11.1 Å². The summed E-state index contributed by atoms with van der Waals surface area (Å²) in [6.07, 6.45) is 0. The standard InChI is InChI=1S/C14H15BrN2/c1-10-2-4-11(5-3-10)9-17-14-7-6-12(15)8-13(14)16/h2-8,17H,9,16H2,1H3. The van der Waals surface area contributed by atoms with Gasteiger partial charge in [-0.05, 0) is 30.7 Å². The molecule has 0 saturated heterocycles. The van der Waals surface area contributed by atoms with Crippen molar-refractivity contribution >= 4 is 27.3 Å². The molecule has 0 aromatic heterocycles. The van der Waals surface area contributed by atoms with Crippen LogP contribution in [-0.2, 0) is 6.54 Å². The van der Waals surface area contributed by atoms with Crippen LogP contribution in [-0.4, -0.2) is 0 Å². The van der Waals surface area contributed by atoms with Gasteiger partial charge in [0.15, 0.2) is 0 Å². The van der Waals surface area contributed by atoms with Gasteiger partial charge < -0.3 is 11.1 Å². The Hall–Kier alpha value is -1.48. The number of halogens is 1. The third-order valence-electron chi connectivity index (χ3n) is 2.62. The highest BCUT2D eigenvalue weighted by Crippen LogP contribution is 2.23. The van der Waals surface area contributed by atoms with Gasteiger partial charge >= 0.3 is 0 Å². The molecule has 0 aliphatic carbocycles. The molecule has 88 valence electrons. The fourth-order valence-corrected chi connectivity index (χ4v) is 1.98.